The van der Waals surface area contributed by atoms with Gasteiger partial charge in [0.2, 0.25) is 0 Å². The summed E-state index contributed by atoms with van der Waals surface area (Å²) < 4.78 is 0. The van der Waals surface area contributed by atoms with Crippen LogP contribution < -0.4 is 10.6 Å². The molecule has 1 aromatic carbocycles. The van der Waals surface area contributed by atoms with Crippen LogP contribution in [0.1, 0.15) is 34.1 Å². The van der Waals surface area contributed by atoms with Gasteiger partial charge in [-0.3, -0.25) is 9.80 Å². The van der Waals surface area contributed by atoms with Crippen LogP contribution in [0.2, 0.25) is 0 Å². The molecule has 1 unspecified atom stereocenters. The molecule has 0 saturated carbocycles. The smallest absolute Gasteiger partial charge is 0.319 e. The van der Waals surface area contributed by atoms with Crippen molar-refractivity contribution in [3.63, 3.8) is 0 Å². The Morgan fingerprint density at radius 1 is 1.15 bits per heavy atom. The molecule has 0 aliphatic rings. The molecular weight excluding hydrogens is 250 g/mol. The summed E-state index contributed by atoms with van der Waals surface area (Å²) in [6, 6.07) is 10.1. The lowest BCUT2D eigenvalue weighted by atomic mass is 10.1. The highest BCUT2D eigenvalue weighted by atomic mass is 16.2. The summed E-state index contributed by atoms with van der Waals surface area (Å²) in [5.74, 6) is 0. The Bertz CT molecular complexity index is 405. The van der Waals surface area contributed by atoms with E-state index in [4.69, 9.17) is 5.73 Å². The second-order valence-electron chi connectivity index (χ2n) is 5.41. The second-order valence-corrected chi connectivity index (χ2v) is 5.41. The number of nitrogens with zero attached hydrogens (tertiary/aromatic N) is 2. The fourth-order valence-corrected chi connectivity index (χ4v) is 2.41. The molecule has 4 heteroatoms. The fourth-order valence-electron chi connectivity index (χ4n) is 2.41. The van der Waals surface area contributed by atoms with Crippen LogP contribution in [0.5, 0.6) is 0 Å². The molecular formula is C16H27N3O. The van der Waals surface area contributed by atoms with Gasteiger partial charge in [0.15, 0.2) is 0 Å². The first-order valence-electron chi connectivity index (χ1n) is 7.35. The van der Waals surface area contributed by atoms with Gasteiger partial charge in [0, 0.05) is 30.9 Å². The Hall–Kier alpha value is -1.55. The van der Waals surface area contributed by atoms with Crippen molar-refractivity contribution in [3.8, 4) is 0 Å². The zero-order valence-electron chi connectivity index (χ0n) is 13.0. The molecule has 0 radical (unpaired) electrons. The van der Waals surface area contributed by atoms with Crippen LogP contribution in [-0.2, 0) is 0 Å². The van der Waals surface area contributed by atoms with E-state index in [2.05, 4.69) is 32.6 Å². The highest BCUT2D eigenvalue weighted by Crippen LogP contribution is 2.14. The topological polar surface area (TPSA) is 49.6 Å². The Labute approximate surface area is 122 Å². The number of carbonyl (C=O) groups excluding carboxylic acids is 1. The van der Waals surface area contributed by atoms with Crippen molar-refractivity contribution in [1.82, 2.24) is 4.90 Å². The molecule has 0 heterocycles. The molecule has 0 aliphatic carbocycles. The third-order valence-electron chi connectivity index (χ3n) is 3.74. The average Bonchev–Trinajstić information content (AvgIpc) is 2.43. The molecule has 2 N–H and O–H groups in total. The highest BCUT2D eigenvalue weighted by molar-refractivity contribution is 5.90. The first-order valence-corrected chi connectivity index (χ1v) is 7.35. The third-order valence-corrected chi connectivity index (χ3v) is 3.74. The zero-order valence-corrected chi connectivity index (χ0v) is 13.0. The maximum absolute atomic E-state index is 11.7. The van der Waals surface area contributed by atoms with Gasteiger partial charge in [-0.2, -0.15) is 0 Å². The predicted octanol–water partition coefficient (Wildman–Crippen LogP) is 3.08. The Kier molecular flexibility index (Phi) is 6.52. The third kappa shape index (κ3) is 4.53. The maximum Gasteiger partial charge on any atom is 0.319 e. The van der Waals surface area contributed by atoms with Crippen LogP contribution in [0, 0.1) is 0 Å². The average molecular weight is 277 g/mol. The van der Waals surface area contributed by atoms with E-state index in [0.717, 1.165) is 18.7 Å². The number of rotatable bonds is 7. The van der Waals surface area contributed by atoms with Crippen molar-refractivity contribution in [2.24, 2.45) is 5.73 Å². The van der Waals surface area contributed by atoms with Gasteiger partial charge >= 0.3 is 6.03 Å². The Balaban J connectivity index is 2.74. The quantitative estimate of drug-likeness (QED) is 0.832. The molecule has 0 spiro atoms. The summed E-state index contributed by atoms with van der Waals surface area (Å²) in [7, 11) is 0. The van der Waals surface area contributed by atoms with Crippen molar-refractivity contribution in [1.29, 1.82) is 0 Å². The molecule has 20 heavy (non-hydrogen) atoms. The van der Waals surface area contributed by atoms with E-state index in [1.165, 1.54) is 0 Å². The van der Waals surface area contributed by atoms with E-state index in [0.29, 0.717) is 18.6 Å². The van der Waals surface area contributed by atoms with E-state index in [9.17, 15) is 4.79 Å². The lowest BCUT2D eigenvalue weighted by molar-refractivity contribution is 0.164. The van der Waals surface area contributed by atoms with Gasteiger partial charge in [-0.15, -0.1) is 0 Å². The number of benzene rings is 1. The summed E-state index contributed by atoms with van der Waals surface area (Å²) >= 11 is 0. The minimum Gasteiger partial charge on any atom is -0.351 e. The van der Waals surface area contributed by atoms with Crippen LogP contribution in [0.4, 0.5) is 10.5 Å². The molecule has 0 fully saturated rings. The minimum atomic E-state index is -0.399. The number of hydrogen-bond acceptors (Lipinski definition) is 2. The van der Waals surface area contributed by atoms with Crippen molar-refractivity contribution >= 4 is 11.7 Å². The molecule has 1 aromatic rings. The molecule has 0 bridgehead atoms. The number of urea groups is 1. The SMILES string of the molecule is CCC(C)N(CCN(C(N)=O)c1ccccc1)C(C)C. The van der Waals surface area contributed by atoms with Gasteiger partial charge in [0.25, 0.3) is 0 Å². The summed E-state index contributed by atoms with van der Waals surface area (Å²) in [5.41, 5.74) is 6.36. The van der Waals surface area contributed by atoms with Gasteiger partial charge in [0.05, 0.1) is 0 Å². The van der Waals surface area contributed by atoms with E-state index in [-0.39, 0.29) is 0 Å². The first-order chi connectivity index (χ1) is 9.47. The second kappa shape index (κ2) is 7.90. The molecule has 0 saturated heterocycles. The number of para-hydroxylation sites is 1. The molecule has 0 aliphatic heterocycles. The van der Waals surface area contributed by atoms with Crippen LogP contribution in [0.15, 0.2) is 30.3 Å². The molecule has 1 atom stereocenters. The van der Waals surface area contributed by atoms with Gasteiger partial charge in [-0.05, 0) is 39.3 Å². The van der Waals surface area contributed by atoms with Crippen molar-refractivity contribution in [3.05, 3.63) is 30.3 Å². The van der Waals surface area contributed by atoms with Gasteiger partial charge in [-0.25, -0.2) is 4.79 Å². The van der Waals surface area contributed by atoms with Crippen molar-refractivity contribution in [2.45, 2.75) is 46.2 Å². The predicted molar refractivity (Wildman–Crippen MR) is 85.0 cm³/mol. The lowest BCUT2D eigenvalue weighted by Crippen LogP contribution is -2.46. The zero-order chi connectivity index (χ0) is 15.1. The summed E-state index contributed by atoms with van der Waals surface area (Å²) in [4.78, 5) is 15.7. The van der Waals surface area contributed by atoms with Crippen LogP contribution in [-0.4, -0.2) is 36.1 Å². The molecule has 0 aromatic heterocycles. The lowest BCUT2D eigenvalue weighted by Gasteiger charge is -2.34. The number of hydrogen-bond donors (Lipinski definition) is 1. The van der Waals surface area contributed by atoms with E-state index < -0.39 is 6.03 Å². The van der Waals surface area contributed by atoms with Gasteiger partial charge < -0.3 is 5.73 Å². The van der Waals surface area contributed by atoms with Crippen LogP contribution in [0.25, 0.3) is 0 Å². The fraction of sp³-hybridized carbons (Fsp3) is 0.562. The van der Waals surface area contributed by atoms with Crippen LogP contribution >= 0.6 is 0 Å². The van der Waals surface area contributed by atoms with Crippen molar-refractivity contribution in [2.75, 3.05) is 18.0 Å². The van der Waals surface area contributed by atoms with Crippen LogP contribution in [0.3, 0.4) is 0 Å². The summed E-state index contributed by atoms with van der Waals surface area (Å²) in [6.45, 7) is 10.2. The van der Waals surface area contributed by atoms with E-state index >= 15 is 0 Å². The van der Waals surface area contributed by atoms with E-state index in [1.807, 2.05) is 30.3 Å². The van der Waals surface area contributed by atoms with Gasteiger partial charge in [0.1, 0.15) is 0 Å². The van der Waals surface area contributed by atoms with Gasteiger partial charge in [-0.1, -0.05) is 25.1 Å². The monoisotopic (exact) mass is 277 g/mol. The summed E-state index contributed by atoms with van der Waals surface area (Å²) in [6.07, 6.45) is 1.10. The molecule has 1 rings (SSSR count). The van der Waals surface area contributed by atoms with Crippen molar-refractivity contribution < 1.29 is 4.79 Å². The molecule has 2 amide bonds. The largest absolute Gasteiger partial charge is 0.351 e. The maximum atomic E-state index is 11.7. The minimum absolute atomic E-state index is 0.399. The number of carbonyl (C=O) groups is 1. The number of amides is 2. The normalized spacial score (nSPS) is 12.7. The Morgan fingerprint density at radius 2 is 1.75 bits per heavy atom. The highest BCUT2D eigenvalue weighted by Gasteiger charge is 2.18. The molecule has 112 valence electrons. The number of anilines is 1. The first kappa shape index (κ1) is 16.5. The Morgan fingerprint density at radius 3 is 2.20 bits per heavy atom. The standard InChI is InChI=1S/C16H27N3O/c1-5-14(4)18(13(2)3)11-12-19(16(17)20)15-9-7-6-8-10-15/h6-10,13-14H,5,11-12H2,1-4H3,(H2,17,20). The summed E-state index contributed by atoms with van der Waals surface area (Å²) in [5, 5.41) is 0. The van der Waals surface area contributed by atoms with E-state index in [1.54, 1.807) is 4.90 Å². The molecule has 4 nitrogen and oxygen atoms in total. The number of primary amides is 1. The number of nitrogens with two attached hydrogens (primary N) is 1.